The summed E-state index contributed by atoms with van der Waals surface area (Å²) in [4.78, 5) is 72.8. The first kappa shape index (κ1) is 28.4. The fourth-order valence-electron chi connectivity index (χ4n) is 4.81. The minimum Gasteiger partial charge on any atom is -0.292 e. The average molecular weight is 587 g/mol. The predicted molar refractivity (Wildman–Crippen MR) is 159 cm³/mol. The summed E-state index contributed by atoms with van der Waals surface area (Å²) in [7, 11) is 0. The molecule has 0 saturated carbocycles. The van der Waals surface area contributed by atoms with Crippen molar-refractivity contribution in [1.29, 1.82) is 0 Å². The monoisotopic (exact) mass is 586 g/mol. The van der Waals surface area contributed by atoms with Gasteiger partial charge in [-0.3, -0.25) is 38.7 Å². The summed E-state index contributed by atoms with van der Waals surface area (Å²) in [6.07, 6.45) is 0. The maximum absolute atomic E-state index is 13.4. The predicted octanol–water partition coefficient (Wildman–Crippen LogP) is 6.64. The Hall–Kier alpha value is -5.68. The Labute approximate surface area is 253 Å². The lowest BCUT2D eigenvalue weighted by Gasteiger charge is -2.20. The van der Waals surface area contributed by atoms with Crippen molar-refractivity contribution in [2.24, 2.45) is 10.8 Å². The van der Waals surface area contributed by atoms with Crippen LogP contribution in [-0.4, -0.2) is 23.1 Å². The first-order valence-electron chi connectivity index (χ1n) is 13.8. The molecule has 0 aliphatic carbocycles. The summed E-state index contributed by atoms with van der Waals surface area (Å²) in [6.45, 7) is 6.76. The van der Waals surface area contributed by atoms with E-state index in [2.05, 4.69) is 11.8 Å². The molecule has 4 aromatic rings. The van der Waals surface area contributed by atoms with Crippen molar-refractivity contribution in [2.75, 3.05) is 0 Å². The summed E-state index contributed by atoms with van der Waals surface area (Å²) < 4.78 is 0. The Morgan fingerprint density at radius 3 is 1.18 bits per heavy atom. The first-order valence-corrected chi connectivity index (χ1v) is 13.8. The third-order valence-corrected chi connectivity index (χ3v) is 7.49. The van der Waals surface area contributed by atoms with Gasteiger partial charge in [0.25, 0.3) is 0 Å². The van der Waals surface area contributed by atoms with Crippen LogP contribution in [0, 0.1) is 22.7 Å². The molecule has 8 nitrogen and oxygen atoms in total. The van der Waals surface area contributed by atoms with Crippen molar-refractivity contribution in [1.82, 2.24) is 0 Å². The van der Waals surface area contributed by atoms with Gasteiger partial charge in [0.2, 0.25) is 0 Å². The van der Waals surface area contributed by atoms with Crippen LogP contribution in [0.15, 0.2) is 84.9 Å². The Bertz CT molecular complexity index is 1780. The normalized spacial score (nSPS) is 12.5. The number of hydrogen-bond acceptors (Lipinski definition) is 8. The number of Topliss-reactive ketones (excluding diaryl/α,β-unsaturated/α-hetero) is 2. The number of hydrogen-bond donors (Lipinski definition) is 0. The quantitative estimate of drug-likeness (QED) is 0.129. The van der Waals surface area contributed by atoms with Gasteiger partial charge in [-0.1, -0.05) is 60.4 Å². The number of benzene rings is 4. The minimum atomic E-state index is -1.12. The number of rotatable bonds is 8. The van der Waals surface area contributed by atoms with Crippen molar-refractivity contribution in [3.05, 3.63) is 118 Å². The average Bonchev–Trinajstić information content (AvgIpc) is 3.60. The van der Waals surface area contributed by atoms with Gasteiger partial charge >= 0.3 is 0 Å². The van der Waals surface area contributed by atoms with Crippen LogP contribution >= 0.6 is 0 Å². The lowest BCUT2D eigenvalue weighted by molar-refractivity contribution is -0.0849. The van der Waals surface area contributed by atoms with Crippen molar-refractivity contribution in [3.63, 3.8) is 0 Å². The van der Waals surface area contributed by atoms with Gasteiger partial charge in [-0.2, -0.15) is 0 Å². The smallest absolute Gasteiger partial charge is 0.196 e. The molecular weight excluding hydrogens is 560 g/mol. The number of carbonyl (C=O) groups is 4. The zero-order valence-electron chi connectivity index (χ0n) is 24.3. The highest BCUT2D eigenvalue weighted by atomic mass is 17.2. The summed E-state index contributed by atoms with van der Waals surface area (Å²) in [6, 6.07) is 22.5. The Balaban J connectivity index is 1.14. The maximum atomic E-state index is 13.4. The summed E-state index contributed by atoms with van der Waals surface area (Å²) in [5, 5.41) is 0. The van der Waals surface area contributed by atoms with Gasteiger partial charge in [-0.15, -0.1) is 0 Å². The number of carbonyl (C=O) groups excluding carboxylic acids is 4. The molecule has 2 aliphatic heterocycles. The SMILES string of the molecule is CC(C)(C#CC(C)(C)C(=O)c1ccc(C(=O)c2ccc3cc2OO3)cc1)C(=O)c1ccc(C(=O)c2ccc3cc2OO3)cc1. The zero-order valence-corrected chi connectivity index (χ0v) is 24.3. The van der Waals surface area contributed by atoms with E-state index in [-0.39, 0.29) is 23.1 Å². The molecule has 0 amide bonds. The zero-order chi connectivity index (χ0) is 31.2. The largest absolute Gasteiger partial charge is 0.292 e. The van der Waals surface area contributed by atoms with E-state index in [0.29, 0.717) is 56.4 Å². The third kappa shape index (κ3) is 5.20. The van der Waals surface area contributed by atoms with E-state index in [4.69, 9.17) is 19.6 Å². The highest BCUT2D eigenvalue weighted by molar-refractivity contribution is 6.12. The summed E-state index contributed by atoms with van der Waals surface area (Å²) in [5.41, 5.74) is 0.0399. The lowest BCUT2D eigenvalue weighted by Crippen LogP contribution is -2.26. The molecule has 44 heavy (non-hydrogen) atoms. The standard InChI is InChI=1S/C36H26O8/c1-35(2,33(39)23-9-5-21(6-10-23)31(37)27-15-13-25-19-29(27)43-41-25)17-18-36(3,4)34(40)24-11-7-22(8-12-24)32(38)28-16-14-26-20-30(28)44-42-26/h5-16,19-20H,1-4H3. The Kier molecular flexibility index (Phi) is 6.82. The van der Waals surface area contributed by atoms with Crippen molar-refractivity contribution in [3.8, 4) is 34.8 Å². The van der Waals surface area contributed by atoms with Gasteiger partial charge in [0.1, 0.15) is 0 Å². The van der Waals surface area contributed by atoms with E-state index < -0.39 is 10.8 Å². The molecule has 8 heteroatoms. The van der Waals surface area contributed by atoms with E-state index in [0.717, 1.165) is 0 Å². The molecule has 2 heterocycles. The van der Waals surface area contributed by atoms with Crippen LogP contribution in [-0.2, 0) is 0 Å². The molecule has 6 rings (SSSR count). The van der Waals surface area contributed by atoms with E-state index in [1.165, 1.54) is 0 Å². The third-order valence-electron chi connectivity index (χ3n) is 7.49. The van der Waals surface area contributed by atoms with Crippen LogP contribution in [0.4, 0.5) is 0 Å². The summed E-state index contributed by atoms with van der Waals surface area (Å²) >= 11 is 0. The van der Waals surface area contributed by atoms with Crippen LogP contribution in [0.5, 0.6) is 23.0 Å². The van der Waals surface area contributed by atoms with Crippen LogP contribution in [0.25, 0.3) is 0 Å². The molecule has 218 valence electrons. The highest BCUT2D eigenvalue weighted by Gasteiger charge is 2.31. The minimum absolute atomic E-state index is 0.249. The Morgan fingerprint density at radius 2 is 0.818 bits per heavy atom. The van der Waals surface area contributed by atoms with Crippen LogP contribution in [0.3, 0.4) is 0 Å². The molecule has 0 radical (unpaired) electrons. The molecule has 0 saturated heterocycles. The molecule has 4 aromatic carbocycles. The molecule has 0 atom stereocenters. The molecule has 0 N–H and O–H groups in total. The number of ketones is 4. The van der Waals surface area contributed by atoms with Gasteiger partial charge in [0.15, 0.2) is 46.1 Å². The fourth-order valence-corrected chi connectivity index (χ4v) is 4.81. The van der Waals surface area contributed by atoms with Gasteiger partial charge in [-0.05, 0) is 52.0 Å². The fraction of sp³-hybridized carbons (Fsp3) is 0.167. The second-order valence-corrected chi connectivity index (χ2v) is 11.6. The molecule has 0 aromatic heterocycles. The molecule has 0 spiro atoms. The molecular formula is C36H26O8. The van der Waals surface area contributed by atoms with Crippen molar-refractivity contribution < 1.29 is 38.7 Å². The van der Waals surface area contributed by atoms with E-state index in [1.807, 2.05) is 0 Å². The Morgan fingerprint density at radius 1 is 0.477 bits per heavy atom. The summed E-state index contributed by atoms with van der Waals surface area (Å²) in [5.74, 6) is 6.73. The van der Waals surface area contributed by atoms with Crippen LogP contribution in [0.2, 0.25) is 0 Å². The van der Waals surface area contributed by atoms with Gasteiger partial charge < -0.3 is 0 Å². The molecule has 0 unspecified atom stereocenters. The van der Waals surface area contributed by atoms with Gasteiger partial charge in [-0.25, -0.2) is 0 Å². The number of fused-ring (bicyclic) bond motifs is 4. The van der Waals surface area contributed by atoms with Crippen molar-refractivity contribution >= 4 is 23.1 Å². The first-order chi connectivity index (χ1) is 20.9. The lowest BCUT2D eigenvalue weighted by atomic mass is 9.80. The maximum Gasteiger partial charge on any atom is 0.196 e. The van der Waals surface area contributed by atoms with Gasteiger partial charge in [0.05, 0.1) is 22.0 Å². The van der Waals surface area contributed by atoms with E-state index in [1.54, 1.807) is 113 Å². The van der Waals surface area contributed by atoms with Gasteiger partial charge in [0, 0.05) is 34.4 Å². The van der Waals surface area contributed by atoms with Crippen molar-refractivity contribution in [2.45, 2.75) is 27.7 Å². The molecule has 4 bridgehead atoms. The molecule has 2 aliphatic rings. The molecule has 0 fully saturated rings. The van der Waals surface area contributed by atoms with E-state index in [9.17, 15) is 19.2 Å². The van der Waals surface area contributed by atoms with Crippen LogP contribution in [0.1, 0.15) is 80.3 Å². The second kappa shape index (κ2) is 10.5. The van der Waals surface area contributed by atoms with Crippen LogP contribution < -0.4 is 19.6 Å². The second-order valence-electron chi connectivity index (χ2n) is 11.6. The topological polar surface area (TPSA) is 105 Å². The van der Waals surface area contributed by atoms with E-state index >= 15 is 0 Å². The highest BCUT2D eigenvalue weighted by Crippen LogP contribution is 2.34.